The van der Waals surface area contributed by atoms with Crippen LogP contribution in [0.15, 0.2) is 29.2 Å². The molecule has 0 bridgehead atoms. The summed E-state index contributed by atoms with van der Waals surface area (Å²) in [4.78, 5) is -0.0475. The van der Waals surface area contributed by atoms with Gasteiger partial charge in [0.2, 0.25) is 10.0 Å². The minimum Gasteiger partial charge on any atom is -0.393 e. The van der Waals surface area contributed by atoms with Crippen molar-refractivity contribution in [1.82, 2.24) is 0 Å². The van der Waals surface area contributed by atoms with Crippen LogP contribution in [-0.4, -0.2) is 37.4 Å². The van der Waals surface area contributed by atoms with Gasteiger partial charge >= 0.3 is 0 Å². The van der Waals surface area contributed by atoms with Crippen LogP contribution in [0.1, 0.15) is 6.92 Å². The minimum absolute atomic E-state index is 0.00995. The summed E-state index contributed by atoms with van der Waals surface area (Å²) in [5.41, 5.74) is -1.03. The highest BCUT2D eigenvalue weighted by Gasteiger charge is 2.20. The lowest BCUT2D eigenvalue weighted by Gasteiger charge is -2.22. The molecule has 1 rings (SSSR count). The molecule has 1 aromatic carbocycles. The van der Waals surface area contributed by atoms with Crippen LogP contribution in [0.5, 0.6) is 0 Å². The second-order valence-electron chi connectivity index (χ2n) is 4.05. The predicted molar refractivity (Wildman–Crippen MR) is 64.0 cm³/mol. The Bertz CT molecular complexity index is 485. The molecule has 6 nitrogen and oxygen atoms in total. The van der Waals surface area contributed by atoms with Gasteiger partial charge in [-0.2, -0.15) is 0 Å². The van der Waals surface area contributed by atoms with Gasteiger partial charge in [0.15, 0.2) is 0 Å². The Hall–Kier alpha value is -1.15. The maximum absolute atomic E-state index is 11.3. The first kappa shape index (κ1) is 13.9. The summed E-state index contributed by atoms with van der Waals surface area (Å²) in [6, 6.07) is 6.10. The second kappa shape index (κ2) is 5.01. The molecule has 0 saturated carbocycles. The number of hydrogen-bond donors (Lipinski definition) is 4. The summed E-state index contributed by atoms with van der Waals surface area (Å²) >= 11 is 0. The number of aliphatic hydroxyl groups excluding tert-OH is 1. The van der Waals surface area contributed by atoms with Crippen molar-refractivity contribution in [2.45, 2.75) is 17.4 Å². The van der Waals surface area contributed by atoms with Crippen LogP contribution in [0.2, 0.25) is 0 Å². The maximum atomic E-state index is 11.3. The van der Waals surface area contributed by atoms with E-state index in [2.05, 4.69) is 5.32 Å². The van der Waals surface area contributed by atoms with Gasteiger partial charge in [-0.1, -0.05) is 12.1 Å². The third kappa shape index (κ3) is 3.97. The molecule has 0 heterocycles. The maximum Gasteiger partial charge on any atom is 0.240 e. The van der Waals surface area contributed by atoms with Gasteiger partial charge in [0, 0.05) is 6.54 Å². The third-order valence-electron chi connectivity index (χ3n) is 2.19. The van der Waals surface area contributed by atoms with Gasteiger partial charge in [-0.15, -0.1) is 0 Å². The molecule has 7 heteroatoms. The monoisotopic (exact) mass is 260 g/mol. The van der Waals surface area contributed by atoms with Crippen molar-refractivity contribution >= 4 is 15.7 Å². The molecule has 96 valence electrons. The number of anilines is 1. The van der Waals surface area contributed by atoms with E-state index in [-0.39, 0.29) is 11.4 Å². The fraction of sp³-hybridized carbons (Fsp3) is 0.400. The molecule has 0 amide bonds. The van der Waals surface area contributed by atoms with Crippen molar-refractivity contribution in [2.75, 3.05) is 18.5 Å². The average Bonchev–Trinajstić information content (AvgIpc) is 2.26. The van der Waals surface area contributed by atoms with Crippen LogP contribution in [0.4, 0.5) is 5.69 Å². The molecular formula is C10H16N2O4S. The van der Waals surface area contributed by atoms with Crippen LogP contribution in [0.25, 0.3) is 0 Å². The van der Waals surface area contributed by atoms with Crippen molar-refractivity contribution in [3.63, 3.8) is 0 Å². The zero-order valence-electron chi connectivity index (χ0n) is 9.42. The zero-order valence-corrected chi connectivity index (χ0v) is 10.2. The quantitative estimate of drug-likeness (QED) is 0.569. The van der Waals surface area contributed by atoms with E-state index in [4.69, 9.17) is 10.2 Å². The molecule has 17 heavy (non-hydrogen) atoms. The van der Waals surface area contributed by atoms with Gasteiger partial charge in [-0.3, -0.25) is 0 Å². The standard InChI is InChI=1S/C10H16N2O4S/c1-10(14,7-13)6-12-8-4-2-3-5-9(8)17(11,15)16/h2-5,12-14H,6-7H2,1H3,(H2,11,15,16). The number of rotatable bonds is 5. The molecule has 0 aromatic heterocycles. The highest BCUT2D eigenvalue weighted by molar-refractivity contribution is 7.89. The summed E-state index contributed by atoms with van der Waals surface area (Å²) in [6.07, 6.45) is 0. The van der Waals surface area contributed by atoms with Crippen LogP contribution in [0.3, 0.4) is 0 Å². The number of hydrogen-bond acceptors (Lipinski definition) is 5. The van der Waals surface area contributed by atoms with Crippen molar-refractivity contribution in [3.8, 4) is 0 Å². The predicted octanol–water partition coefficient (Wildman–Crippen LogP) is -0.511. The van der Waals surface area contributed by atoms with Gasteiger partial charge in [-0.25, -0.2) is 13.6 Å². The van der Waals surface area contributed by atoms with Gasteiger partial charge in [0.25, 0.3) is 0 Å². The molecule has 1 aromatic rings. The topological polar surface area (TPSA) is 113 Å². The van der Waals surface area contributed by atoms with Crippen molar-refractivity contribution in [2.24, 2.45) is 5.14 Å². The van der Waals surface area contributed by atoms with E-state index in [1.54, 1.807) is 12.1 Å². The van der Waals surface area contributed by atoms with E-state index in [0.29, 0.717) is 5.69 Å². The molecule has 0 radical (unpaired) electrons. The Morgan fingerprint density at radius 2 is 2.00 bits per heavy atom. The summed E-state index contributed by atoms with van der Waals surface area (Å²) in [7, 11) is -3.81. The number of para-hydroxylation sites is 1. The van der Waals surface area contributed by atoms with E-state index < -0.39 is 22.2 Å². The number of primary sulfonamides is 1. The fourth-order valence-electron chi connectivity index (χ4n) is 1.20. The lowest BCUT2D eigenvalue weighted by Crippen LogP contribution is -2.37. The Morgan fingerprint density at radius 3 is 2.53 bits per heavy atom. The fourth-order valence-corrected chi connectivity index (χ4v) is 1.92. The normalized spacial score (nSPS) is 15.3. The van der Waals surface area contributed by atoms with Gasteiger partial charge < -0.3 is 15.5 Å². The first-order valence-corrected chi connectivity index (χ1v) is 6.50. The number of benzene rings is 1. The Balaban J connectivity index is 2.93. The molecule has 1 atom stereocenters. The Kier molecular flexibility index (Phi) is 4.10. The van der Waals surface area contributed by atoms with E-state index in [9.17, 15) is 13.5 Å². The summed E-state index contributed by atoms with van der Waals surface area (Å²) < 4.78 is 22.5. The number of nitrogens with two attached hydrogens (primary N) is 1. The van der Waals surface area contributed by atoms with Crippen molar-refractivity contribution in [1.29, 1.82) is 0 Å². The molecule has 1 unspecified atom stereocenters. The van der Waals surface area contributed by atoms with Crippen LogP contribution in [0, 0.1) is 0 Å². The highest BCUT2D eigenvalue weighted by Crippen LogP contribution is 2.19. The molecular weight excluding hydrogens is 244 g/mol. The van der Waals surface area contributed by atoms with Gasteiger partial charge in [-0.05, 0) is 19.1 Å². The van der Waals surface area contributed by atoms with Crippen LogP contribution in [-0.2, 0) is 10.0 Å². The van der Waals surface area contributed by atoms with Crippen LogP contribution < -0.4 is 10.5 Å². The van der Waals surface area contributed by atoms with Crippen molar-refractivity contribution < 1.29 is 18.6 Å². The minimum atomic E-state index is -3.81. The Labute approximate surface area is 100 Å². The molecule has 0 spiro atoms. The lowest BCUT2D eigenvalue weighted by atomic mass is 10.1. The molecule has 0 fully saturated rings. The number of nitrogens with one attached hydrogen (secondary N) is 1. The summed E-state index contributed by atoms with van der Waals surface area (Å²) in [6.45, 7) is 1.01. The third-order valence-corrected chi connectivity index (χ3v) is 3.16. The molecule has 0 saturated heterocycles. The van der Waals surface area contributed by atoms with Crippen LogP contribution >= 0.6 is 0 Å². The van der Waals surface area contributed by atoms with Crippen molar-refractivity contribution in [3.05, 3.63) is 24.3 Å². The number of sulfonamides is 1. The van der Waals surface area contributed by atoms with Gasteiger partial charge in [0.1, 0.15) is 10.5 Å². The largest absolute Gasteiger partial charge is 0.393 e. The number of aliphatic hydroxyl groups is 2. The second-order valence-corrected chi connectivity index (χ2v) is 5.58. The van der Waals surface area contributed by atoms with E-state index in [0.717, 1.165) is 0 Å². The summed E-state index contributed by atoms with van der Waals surface area (Å²) in [5, 5.41) is 26.2. The smallest absolute Gasteiger partial charge is 0.240 e. The van der Waals surface area contributed by atoms with E-state index >= 15 is 0 Å². The SMILES string of the molecule is CC(O)(CO)CNc1ccccc1S(N)(=O)=O. The molecule has 0 aliphatic rings. The summed E-state index contributed by atoms with van der Waals surface area (Å²) in [5.74, 6) is 0. The highest BCUT2D eigenvalue weighted by atomic mass is 32.2. The van der Waals surface area contributed by atoms with E-state index in [1.807, 2.05) is 0 Å². The first-order chi connectivity index (χ1) is 7.76. The van der Waals surface area contributed by atoms with E-state index in [1.165, 1.54) is 19.1 Å². The first-order valence-electron chi connectivity index (χ1n) is 4.95. The molecule has 0 aliphatic heterocycles. The lowest BCUT2D eigenvalue weighted by molar-refractivity contribution is 0.0132. The zero-order chi connectivity index (χ0) is 13.1. The molecule has 5 N–H and O–H groups in total. The Morgan fingerprint density at radius 1 is 1.41 bits per heavy atom. The molecule has 0 aliphatic carbocycles. The average molecular weight is 260 g/mol. The van der Waals surface area contributed by atoms with Gasteiger partial charge in [0.05, 0.1) is 12.3 Å².